The van der Waals surface area contributed by atoms with E-state index in [0.29, 0.717) is 0 Å². The lowest BCUT2D eigenvalue weighted by molar-refractivity contribution is -0.670. The molecule has 0 aromatic carbocycles. The van der Waals surface area contributed by atoms with Crippen molar-refractivity contribution in [2.75, 3.05) is 15.9 Å². The summed E-state index contributed by atoms with van der Waals surface area (Å²) >= 11 is 2.33. The molecule has 1 unspecified atom stereocenters. The maximum atomic E-state index is 9.77. The first-order valence-corrected chi connectivity index (χ1v) is 7.84. The molecule has 5 N–H and O–H groups in total. The van der Waals surface area contributed by atoms with Crippen LogP contribution in [0.15, 0.2) is 12.4 Å². The number of pyridine rings is 1. The maximum Gasteiger partial charge on any atom is 0.192 e. The highest BCUT2D eigenvalue weighted by molar-refractivity contribution is 14.1. The van der Waals surface area contributed by atoms with Crippen LogP contribution in [0.1, 0.15) is 31.2 Å². The van der Waals surface area contributed by atoms with Gasteiger partial charge in [0, 0.05) is 5.56 Å². The predicted molar refractivity (Wildman–Crippen MR) is 83.5 cm³/mol. The van der Waals surface area contributed by atoms with E-state index < -0.39 is 0 Å². The summed E-state index contributed by atoms with van der Waals surface area (Å²) < 4.78 is 2.97. The van der Waals surface area contributed by atoms with Crippen LogP contribution in [0.2, 0.25) is 0 Å². The largest absolute Gasteiger partial charge is 0.394 e. The number of aliphatic hydroxyl groups excluding tert-OH is 1. The molecule has 0 aliphatic carbocycles. The molecule has 0 radical (unpaired) electrons. The molecule has 0 saturated heterocycles. The molecule has 4 nitrogen and oxygen atoms in total. The van der Waals surface area contributed by atoms with E-state index in [2.05, 4.69) is 22.6 Å². The number of hydrogen-bond donors (Lipinski definition) is 3. The third-order valence-corrected chi connectivity index (χ3v) is 3.78. The summed E-state index contributed by atoms with van der Waals surface area (Å²) in [5, 5.41) is 9.77. The van der Waals surface area contributed by atoms with Crippen LogP contribution in [0, 0.1) is 0 Å². The second-order valence-corrected chi connectivity index (χ2v) is 5.77. The van der Waals surface area contributed by atoms with Gasteiger partial charge in [-0.25, -0.2) is 4.57 Å². The zero-order chi connectivity index (χ0) is 13.5. The van der Waals surface area contributed by atoms with Crippen molar-refractivity contribution in [1.29, 1.82) is 0 Å². The van der Waals surface area contributed by atoms with Gasteiger partial charge in [-0.3, -0.25) is 0 Å². The Morgan fingerprint density at radius 1 is 1.22 bits per heavy atom. The van der Waals surface area contributed by atoms with E-state index in [1.165, 1.54) is 0 Å². The lowest BCUT2D eigenvalue weighted by atomic mass is 10.0. The molecule has 0 spiro atoms. The SMILES string of the molecule is C[n+]1cc(N)c(CCCC(O)CCCI)c(N)c1. The fourth-order valence-corrected chi connectivity index (χ4v) is 2.50. The van der Waals surface area contributed by atoms with Crippen molar-refractivity contribution in [3.05, 3.63) is 18.0 Å². The number of nitrogen functional groups attached to an aromatic ring is 2. The van der Waals surface area contributed by atoms with E-state index in [9.17, 15) is 5.11 Å². The maximum absolute atomic E-state index is 9.77. The minimum atomic E-state index is -0.193. The number of anilines is 2. The van der Waals surface area contributed by atoms with Crippen LogP contribution in [-0.4, -0.2) is 15.6 Å². The van der Waals surface area contributed by atoms with Gasteiger partial charge in [-0.05, 0) is 36.5 Å². The summed E-state index contributed by atoms with van der Waals surface area (Å²) in [5.74, 6) is 0. The number of aromatic nitrogens is 1. The van der Waals surface area contributed by atoms with Gasteiger partial charge in [-0.2, -0.15) is 0 Å². The van der Waals surface area contributed by atoms with Crippen molar-refractivity contribution in [2.45, 2.75) is 38.2 Å². The second kappa shape index (κ2) is 7.78. The molecular weight excluding hydrogens is 341 g/mol. The molecule has 1 heterocycles. The molecule has 1 rings (SSSR count). The topological polar surface area (TPSA) is 76.1 Å². The average molecular weight is 364 g/mol. The van der Waals surface area contributed by atoms with Gasteiger partial charge in [-0.1, -0.05) is 22.6 Å². The number of hydrogen-bond acceptors (Lipinski definition) is 3. The van der Waals surface area contributed by atoms with E-state index in [1.54, 1.807) is 0 Å². The van der Waals surface area contributed by atoms with Crippen LogP contribution in [0.4, 0.5) is 11.4 Å². The zero-order valence-electron chi connectivity index (χ0n) is 10.9. The fourth-order valence-electron chi connectivity index (χ4n) is 2.06. The van der Waals surface area contributed by atoms with Gasteiger partial charge in [0.1, 0.15) is 18.4 Å². The van der Waals surface area contributed by atoms with E-state index >= 15 is 0 Å². The Morgan fingerprint density at radius 3 is 2.33 bits per heavy atom. The molecule has 0 aliphatic heterocycles. The van der Waals surface area contributed by atoms with Crippen molar-refractivity contribution in [2.24, 2.45) is 7.05 Å². The highest BCUT2D eigenvalue weighted by atomic mass is 127. The van der Waals surface area contributed by atoms with Crippen molar-refractivity contribution >= 4 is 34.0 Å². The van der Waals surface area contributed by atoms with Gasteiger partial charge in [0.2, 0.25) is 0 Å². The summed E-state index contributed by atoms with van der Waals surface area (Å²) in [4.78, 5) is 0. The number of rotatable bonds is 7. The van der Waals surface area contributed by atoms with Crippen molar-refractivity contribution in [1.82, 2.24) is 0 Å². The predicted octanol–water partition coefficient (Wildman–Crippen LogP) is 1.57. The van der Waals surface area contributed by atoms with E-state index in [-0.39, 0.29) is 6.10 Å². The zero-order valence-corrected chi connectivity index (χ0v) is 13.1. The van der Waals surface area contributed by atoms with Crippen molar-refractivity contribution in [3.8, 4) is 0 Å². The average Bonchev–Trinajstić information content (AvgIpc) is 2.29. The summed E-state index contributed by atoms with van der Waals surface area (Å²) in [6.45, 7) is 0. The van der Waals surface area contributed by atoms with Gasteiger partial charge < -0.3 is 16.6 Å². The smallest absolute Gasteiger partial charge is 0.192 e. The number of nitrogens with zero attached hydrogens (tertiary/aromatic N) is 1. The highest BCUT2D eigenvalue weighted by Gasteiger charge is 2.11. The number of alkyl halides is 1. The van der Waals surface area contributed by atoms with Crippen LogP contribution in [0.3, 0.4) is 0 Å². The Labute approximate surface area is 123 Å². The van der Waals surface area contributed by atoms with Crippen LogP contribution in [-0.2, 0) is 13.5 Å². The van der Waals surface area contributed by atoms with Gasteiger partial charge >= 0.3 is 0 Å². The van der Waals surface area contributed by atoms with Crippen molar-refractivity contribution in [3.63, 3.8) is 0 Å². The molecule has 0 aliphatic rings. The first-order valence-electron chi connectivity index (χ1n) is 6.31. The first kappa shape index (κ1) is 15.5. The van der Waals surface area contributed by atoms with Gasteiger partial charge in [0.15, 0.2) is 12.4 Å². The van der Waals surface area contributed by atoms with Crippen LogP contribution < -0.4 is 16.0 Å². The summed E-state index contributed by atoms with van der Waals surface area (Å²) in [7, 11) is 1.91. The molecule has 0 saturated carbocycles. The molecule has 1 aromatic heterocycles. The Hall–Kier alpha value is -0.560. The molecule has 102 valence electrons. The molecule has 18 heavy (non-hydrogen) atoms. The lowest BCUT2D eigenvalue weighted by Gasteiger charge is -2.11. The molecule has 0 bridgehead atoms. The normalized spacial score (nSPS) is 12.6. The van der Waals surface area contributed by atoms with Crippen LogP contribution in [0.5, 0.6) is 0 Å². The monoisotopic (exact) mass is 364 g/mol. The minimum absolute atomic E-state index is 0.193. The molecule has 0 fully saturated rings. The third-order valence-electron chi connectivity index (χ3n) is 3.02. The molecule has 5 heteroatoms. The number of nitrogens with two attached hydrogens (primary N) is 2. The van der Waals surface area contributed by atoms with E-state index in [4.69, 9.17) is 11.5 Å². The Morgan fingerprint density at radius 2 is 1.78 bits per heavy atom. The number of halogens is 1. The first-order chi connectivity index (χ1) is 8.54. The Balaban J connectivity index is 2.44. The highest BCUT2D eigenvalue weighted by Crippen LogP contribution is 2.20. The standard InChI is InChI=1S/C13H23IN3O/c1-17-8-12(15)11(13(16)9-17)6-2-4-10(18)5-3-7-14/h8-10,18H,2-7,15-16H2,1H3/q+1. The molecule has 0 amide bonds. The van der Waals surface area contributed by atoms with Crippen molar-refractivity contribution < 1.29 is 9.67 Å². The number of aryl methyl sites for hydroxylation is 1. The van der Waals surface area contributed by atoms with Gasteiger partial charge in [0.05, 0.1) is 6.10 Å². The quantitative estimate of drug-likeness (QED) is 0.391. The summed E-state index contributed by atoms with van der Waals surface area (Å²) in [6.07, 6.45) is 8.09. The van der Waals surface area contributed by atoms with E-state index in [1.807, 2.05) is 24.0 Å². The molecule has 1 aromatic rings. The summed E-state index contributed by atoms with van der Waals surface area (Å²) in [5.41, 5.74) is 14.4. The minimum Gasteiger partial charge on any atom is -0.394 e. The lowest BCUT2D eigenvalue weighted by Crippen LogP contribution is -2.29. The molecule has 1 atom stereocenters. The van der Waals surface area contributed by atoms with Gasteiger partial charge in [-0.15, -0.1) is 0 Å². The Bertz CT molecular complexity index is 361. The fraction of sp³-hybridized carbons (Fsp3) is 0.615. The molecular formula is C13H23IN3O+. The third kappa shape index (κ3) is 4.97. The van der Waals surface area contributed by atoms with Crippen LogP contribution in [0.25, 0.3) is 0 Å². The van der Waals surface area contributed by atoms with Gasteiger partial charge in [0.25, 0.3) is 0 Å². The van der Waals surface area contributed by atoms with E-state index in [0.717, 1.165) is 53.5 Å². The summed E-state index contributed by atoms with van der Waals surface area (Å²) in [6, 6.07) is 0. The number of aliphatic hydroxyl groups is 1. The van der Waals surface area contributed by atoms with Crippen LogP contribution >= 0.6 is 22.6 Å². The Kier molecular flexibility index (Phi) is 6.70. The second-order valence-electron chi connectivity index (χ2n) is 4.69.